The number of carbonyl (C=O) groups excluding carboxylic acids is 1. The van der Waals surface area contributed by atoms with E-state index in [4.69, 9.17) is 9.47 Å². The summed E-state index contributed by atoms with van der Waals surface area (Å²) in [6.07, 6.45) is 0.163. The van der Waals surface area contributed by atoms with Gasteiger partial charge in [-0.3, -0.25) is 4.79 Å². The van der Waals surface area contributed by atoms with E-state index >= 15 is 0 Å². The van der Waals surface area contributed by atoms with Crippen LogP contribution in [0.4, 0.5) is 0 Å². The molecule has 1 aliphatic heterocycles. The largest absolute Gasteiger partial charge is 0.486 e. The first-order valence-corrected chi connectivity index (χ1v) is 8.22. The topological polar surface area (TPSA) is 93.7 Å². The maximum absolute atomic E-state index is 11.8. The first kappa shape index (κ1) is 15.6. The summed E-state index contributed by atoms with van der Waals surface area (Å²) >= 11 is 0. The highest BCUT2D eigenvalue weighted by atomic mass is 32.2. The van der Waals surface area contributed by atoms with Gasteiger partial charge in [-0.15, -0.1) is 0 Å². The molecule has 0 saturated carbocycles. The van der Waals surface area contributed by atoms with Gasteiger partial charge in [-0.1, -0.05) is 6.07 Å². The maximum atomic E-state index is 11.8. The normalized spacial score (nSPS) is 13.8. The average Bonchev–Trinajstić information content (AvgIpc) is 2.47. The van der Waals surface area contributed by atoms with Gasteiger partial charge in [-0.2, -0.15) is 0 Å². The summed E-state index contributed by atoms with van der Waals surface area (Å²) in [7, 11) is -1.96. The number of benzene rings is 1. The van der Waals surface area contributed by atoms with Crippen molar-refractivity contribution in [3.05, 3.63) is 23.8 Å². The Hall–Kier alpha value is -1.80. The Balaban J connectivity index is 1.85. The third-order valence-corrected chi connectivity index (χ3v) is 4.34. The van der Waals surface area contributed by atoms with Gasteiger partial charge in [0.2, 0.25) is 15.9 Å². The second-order valence-electron chi connectivity index (χ2n) is 4.53. The van der Waals surface area contributed by atoms with Gasteiger partial charge >= 0.3 is 0 Å². The van der Waals surface area contributed by atoms with Crippen molar-refractivity contribution in [3.8, 4) is 11.5 Å². The Labute approximate surface area is 123 Å². The monoisotopic (exact) mass is 314 g/mol. The van der Waals surface area contributed by atoms with Gasteiger partial charge in [0.05, 0.1) is 12.2 Å². The van der Waals surface area contributed by atoms with Crippen LogP contribution in [0.25, 0.3) is 0 Å². The quantitative estimate of drug-likeness (QED) is 0.749. The van der Waals surface area contributed by atoms with Gasteiger partial charge in [-0.05, 0) is 24.7 Å². The maximum Gasteiger partial charge on any atom is 0.224 e. The lowest BCUT2D eigenvalue weighted by Crippen LogP contribution is -2.33. The van der Waals surface area contributed by atoms with Gasteiger partial charge < -0.3 is 14.8 Å². The minimum absolute atomic E-state index is 0.0760. The van der Waals surface area contributed by atoms with Gasteiger partial charge in [0.15, 0.2) is 11.5 Å². The highest BCUT2D eigenvalue weighted by Gasteiger charge is 2.13. The van der Waals surface area contributed by atoms with Crippen molar-refractivity contribution in [2.24, 2.45) is 0 Å². The van der Waals surface area contributed by atoms with E-state index in [9.17, 15) is 13.2 Å². The van der Waals surface area contributed by atoms with E-state index in [-0.39, 0.29) is 24.6 Å². The third-order valence-electron chi connectivity index (χ3n) is 2.98. The fourth-order valence-electron chi connectivity index (χ4n) is 1.87. The molecule has 1 aromatic carbocycles. The van der Waals surface area contributed by atoms with Crippen LogP contribution in [0, 0.1) is 0 Å². The number of hydrogen-bond donors (Lipinski definition) is 2. The zero-order valence-electron chi connectivity index (χ0n) is 11.7. The van der Waals surface area contributed by atoms with Gasteiger partial charge in [-0.25, -0.2) is 13.1 Å². The summed E-state index contributed by atoms with van der Waals surface area (Å²) in [5.74, 6) is 0.920. The van der Waals surface area contributed by atoms with Crippen molar-refractivity contribution in [2.75, 3.05) is 32.6 Å². The summed E-state index contributed by atoms with van der Waals surface area (Å²) in [6.45, 7) is 1.09. The molecule has 2 N–H and O–H groups in total. The molecule has 1 aliphatic rings. The van der Waals surface area contributed by atoms with E-state index < -0.39 is 10.0 Å². The summed E-state index contributed by atoms with van der Waals surface area (Å²) in [5, 5.41) is 2.57. The molecule has 0 unspecified atom stereocenters. The molecule has 0 radical (unpaired) electrons. The zero-order valence-corrected chi connectivity index (χ0v) is 12.5. The van der Waals surface area contributed by atoms with Gasteiger partial charge in [0.25, 0.3) is 0 Å². The first-order valence-electron chi connectivity index (χ1n) is 6.56. The number of ether oxygens (including phenoxy) is 2. The number of rotatable bonds is 6. The standard InChI is InChI=1S/C13H18N2O5S/c1-14-21(17,18)7-4-15-13(16)9-10-2-3-11-12(8-10)20-6-5-19-11/h2-3,8,14H,4-7,9H2,1H3,(H,15,16). The molecule has 7 nitrogen and oxygen atoms in total. The van der Waals surface area contributed by atoms with Crippen LogP contribution in [0.5, 0.6) is 11.5 Å². The number of nitrogens with one attached hydrogen (secondary N) is 2. The molecule has 2 rings (SSSR count). The van der Waals surface area contributed by atoms with Crippen LogP contribution < -0.4 is 19.5 Å². The lowest BCUT2D eigenvalue weighted by molar-refractivity contribution is -0.120. The highest BCUT2D eigenvalue weighted by molar-refractivity contribution is 7.89. The fourth-order valence-corrected chi connectivity index (χ4v) is 2.45. The van der Waals surface area contributed by atoms with E-state index in [0.717, 1.165) is 5.56 Å². The molecule has 0 bridgehead atoms. The van der Waals surface area contributed by atoms with E-state index in [2.05, 4.69) is 10.0 Å². The Morgan fingerprint density at radius 2 is 1.95 bits per heavy atom. The van der Waals surface area contributed by atoms with E-state index in [1.807, 2.05) is 0 Å². The van der Waals surface area contributed by atoms with Gasteiger partial charge in [0.1, 0.15) is 13.2 Å². The summed E-state index contributed by atoms with van der Waals surface area (Å²) in [6, 6.07) is 5.32. The minimum atomic E-state index is -3.30. The molecule has 1 aromatic rings. The molecule has 0 atom stereocenters. The van der Waals surface area contributed by atoms with Crippen LogP contribution in [-0.4, -0.2) is 46.9 Å². The molecule has 1 amide bonds. The molecule has 0 aliphatic carbocycles. The second-order valence-corrected chi connectivity index (χ2v) is 6.57. The predicted molar refractivity (Wildman–Crippen MR) is 77.0 cm³/mol. The molecule has 0 aromatic heterocycles. The van der Waals surface area contributed by atoms with Crippen molar-refractivity contribution in [3.63, 3.8) is 0 Å². The molecule has 1 heterocycles. The van der Waals surface area contributed by atoms with Crippen LogP contribution in [0.3, 0.4) is 0 Å². The van der Waals surface area contributed by atoms with Crippen molar-refractivity contribution >= 4 is 15.9 Å². The lowest BCUT2D eigenvalue weighted by atomic mass is 10.1. The van der Waals surface area contributed by atoms with Crippen LogP contribution >= 0.6 is 0 Å². The third kappa shape index (κ3) is 4.61. The van der Waals surface area contributed by atoms with Crippen molar-refractivity contribution < 1.29 is 22.7 Å². The molecule has 21 heavy (non-hydrogen) atoms. The number of amides is 1. The van der Waals surface area contributed by atoms with Crippen LogP contribution in [-0.2, 0) is 21.2 Å². The molecule has 116 valence electrons. The average molecular weight is 314 g/mol. The Morgan fingerprint density at radius 3 is 2.67 bits per heavy atom. The zero-order chi connectivity index (χ0) is 15.3. The van der Waals surface area contributed by atoms with E-state index in [1.54, 1.807) is 18.2 Å². The van der Waals surface area contributed by atoms with Crippen LogP contribution in [0.15, 0.2) is 18.2 Å². The second kappa shape index (κ2) is 6.77. The van der Waals surface area contributed by atoms with Crippen LogP contribution in [0.2, 0.25) is 0 Å². The van der Waals surface area contributed by atoms with E-state index in [0.29, 0.717) is 24.7 Å². The molecule has 0 saturated heterocycles. The highest BCUT2D eigenvalue weighted by Crippen LogP contribution is 2.30. The summed E-state index contributed by atoms with van der Waals surface area (Å²) < 4.78 is 35.4. The molecule has 0 spiro atoms. The Morgan fingerprint density at radius 1 is 1.24 bits per heavy atom. The SMILES string of the molecule is CNS(=O)(=O)CCNC(=O)Cc1ccc2c(c1)OCCO2. The molecule has 0 fully saturated rings. The summed E-state index contributed by atoms with van der Waals surface area (Å²) in [4.78, 5) is 11.8. The fraction of sp³-hybridized carbons (Fsp3) is 0.462. The smallest absolute Gasteiger partial charge is 0.224 e. The number of carbonyl (C=O) groups is 1. The molecular formula is C13H18N2O5S. The van der Waals surface area contributed by atoms with Crippen molar-refractivity contribution in [1.82, 2.24) is 10.0 Å². The molecular weight excluding hydrogens is 296 g/mol. The Kier molecular flexibility index (Phi) is 5.03. The summed E-state index contributed by atoms with van der Waals surface area (Å²) in [5.41, 5.74) is 0.785. The number of sulfonamides is 1. The Bertz CT molecular complexity index is 615. The molecule has 8 heteroatoms. The lowest BCUT2D eigenvalue weighted by Gasteiger charge is -2.18. The van der Waals surface area contributed by atoms with E-state index in [1.165, 1.54) is 7.05 Å². The predicted octanol–water partition coefficient (Wildman–Crippen LogP) is -0.334. The van der Waals surface area contributed by atoms with Crippen molar-refractivity contribution in [1.29, 1.82) is 0 Å². The van der Waals surface area contributed by atoms with Crippen molar-refractivity contribution in [2.45, 2.75) is 6.42 Å². The van der Waals surface area contributed by atoms with Gasteiger partial charge in [0, 0.05) is 6.54 Å². The first-order chi connectivity index (χ1) is 10.00. The number of fused-ring (bicyclic) bond motifs is 1. The minimum Gasteiger partial charge on any atom is -0.486 e. The number of hydrogen-bond acceptors (Lipinski definition) is 5. The van der Waals surface area contributed by atoms with Crippen LogP contribution in [0.1, 0.15) is 5.56 Å².